The molecule has 8 nitrogen and oxygen atoms in total. The van der Waals surface area contributed by atoms with Crippen molar-refractivity contribution in [1.29, 1.82) is 0 Å². The molecule has 0 fully saturated rings. The van der Waals surface area contributed by atoms with E-state index in [0.717, 1.165) is 0 Å². The van der Waals surface area contributed by atoms with Crippen LogP contribution in [0.15, 0.2) is 60.8 Å². The van der Waals surface area contributed by atoms with Crippen LogP contribution in [0, 0.1) is 0 Å². The second-order valence-corrected chi connectivity index (χ2v) is 6.66. The number of carbonyl (C=O) groups is 2. The molecule has 0 radical (unpaired) electrons. The highest BCUT2D eigenvalue weighted by molar-refractivity contribution is 6.30. The molecule has 3 rings (SSSR count). The minimum atomic E-state index is -0.357. The fourth-order valence-electron chi connectivity index (χ4n) is 2.48. The summed E-state index contributed by atoms with van der Waals surface area (Å²) in [7, 11) is 2.97. The summed E-state index contributed by atoms with van der Waals surface area (Å²) in [6, 6.07) is 14.9. The van der Waals surface area contributed by atoms with E-state index in [9.17, 15) is 9.59 Å². The predicted molar refractivity (Wildman–Crippen MR) is 116 cm³/mol. The second kappa shape index (κ2) is 10.3. The molecule has 160 valence electrons. The van der Waals surface area contributed by atoms with Crippen LogP contribution in [0.5, 0.6) is 23.1 Å². The molecule has 9 heteroatoms. The number of benzene rings is 2. The van der Waals surface area contributed by atoms with Gasteiger partial charge in [-0.1, -0.05) is 11.6 Å². The Labute approximate surface area is 184 Å². The number of hydrogen-bond acceptors (Lipinski definition) is 6. The first-order valence-electron chi connectivity index (χ1n) is 9.20. The largest absolute Gasteiger partial charge is 0.493 e. The first-order chi connectivity index (χ1) is 15.0. The summed E-state index contributed by atoms with van der Waals surface area (Å²) >= 11 is 5.85. The highest BCUT2D eigenvalue weighted by atomic mass is 35.5. The minimum Gasteiger partial charge on any atom is -0.493 e. The Bertz CT molecular complexity index is 1060. The van der Waals surface area contributed by atoms with Gasteiger partial charge in [0.2, 0.25) is 5.88 Å². The summed E-state index contributed by atoms with van der Waals surface area (Å²) in [5.41, 5.74) is 0.845. The molecule has 0 saturated heterocycles. The molecular formula is C22H20ClN3O5. The van der Waals surface area contributed by atoms with Crippen molar-refractivity contribution in [3.05, 3.63) is 71.4 Å². The van der Waals surface area contributed by atoms with Gasteiger partial charge in [0.1, 0.15) is 5.75 Å². The summed E-state index contributed by atoms with van der Waals surface area (Å²) < 4.78 is 16.3. The van der Waals surface area contributed by atoms with Crippen molar-refractivity contribution in [3.8, 4) is 23.1 Å². The number of carbonyl (C=O) groups excluding carboxylic acids is 2. The lowest BCUT2D eigenvalue weighted by Gasteiger charge is -2.12. The van der Waals surface area contributed by atoms with Crippen LogP contribution in [-0.4, -0.2) is 37.6 Å². The van der Waals surface area contributed by atoms with Gasteiger partial charge in [-0.25, -0.2) is 4.98 Å². The Morgan fingerprint density at radius 2 is 1.81 bits per heavy atom. The third kappa shape index (κ3) is 6.10. The topological polar surface area (TPSA) is 98.8 Å². The maximum atomic E-state index is 12.6. The van der Waals surface area contributed by atoms with E-state index in [1.807, 2.05) is 0 Å². The first kappa shape index (κ1) is 21.9. The normalized spacial score (nSPS) is 10.2. The average Bonchev–Trinajstić information content (AvgIpc) is 2.80. The number of nitrogens with one attached hydrogen (secondary N) is 2. The Kier molecular flexibility index (Phi) is 7.29. The summed E-state index contributed by atoms with van der Waals surface area (Å²) in [5.74, 6) is 1.03. The van der Waals surface area contributed by atoms with Crippen molar-refractivity contribution < 1.29 is 23.8 Å². The van der Waals surface area contributed by atoms with E-state index in [-0.39, 0.29) is 18.4 Å². The van der Waals surface area contributed by atoms with E-state index in [1.165, 1.54) is 26.4 Å². The Morgan fingerprint density at radius 1 is 1.03 bits per heavy atom. The van der Waals surface area contributed by atoms with E-state index >= 15 is 0 Å². The number of halogens is 1. The van der Waals surface area contributed by atoms with E-state index in [0.29, 0.717) is 39.4 Å². The molecule has 3 aromatic rings. The van der Waals surface area contributed by atoms with Gasteiger partial charge in [0.05, 0.1) is 19.0 Å². The third-order valence-corrected chi connectivity index (χ3v) is 4.35. The van der Waals surface area contributed by atoms with E-state index in [2.05, 4.69) is 15.6 Å². The number of rotatable bonds is 8. The van der Waals surface area contributed by atoms with Crippen LogP contribution in [-0.2, 0) is 4.79 Å². The molecule has 0 unspecified atom stereocenters. The SMILES string of the molecule is CNC(=O)COc1ccc(C(=O)Nc2ccc(Oc3ccc(Cl)cc3)nc2)cc1OC. The lowest BCUT2D eigenvalue weighted by molar-refractivity contribution is -0.122. The molecule has 0 bridgehead atoms. The monoisotopic (exact) mass is 441 g/mol. The number of likely N-dealkylation sites (N-methyl/N-ethyl adjacent to an activating group) is 1. The van der Waals surface area contributed by atoms with Crippen molar-refractivity contribution in [1.82, 2.24) is 10.3 Å². The zero-order valence-corrected chi connectivity index (χ0v) is 17.6. The number of pyridine rings is 1. The molecule has 1 aromatic heterocycles. The number of ether oxygens (including phenoxy) is 3. The first-order valence-corrected chi connectivity index (χ1v) is 9.58. The van der Waals surface area contributed by atoms with Crippen molar-refractivity contribution >= 4 is 29.1 Å². The smallest absolute Gasteiger partial charge is 0.257 e. The molecule has 0 saturated carbocycles. The fraction of sp³-hybridized carbons (Fsp3) is 0.136. The second-order valence-electron chi connectivity index (χ2n) is 6.22. The maximum Gasteiger partial charge on any atom is 0.257 e. The van der Waals surface area contributed by atoms with Gasteiger partial charge >= 0.3 is 0 Å². The van der Waals surface area contributed by atoms with Gasteiger partial charge in [-0.2, -0.15) is 0 Å². The van der Waals surface area contributed by atoms with Crippen LogP contribution in [0.2, 0.25) is 5.02 Å². The zero-order valence-electron chi connectivity index (χ0n) is 16.8. The van der Waals surface area contributed by atoms with Crippen LogP contribution in [0.1, 0.15) is 10.4 Å². The molecule has 0 aliphatic carbocycles. The maximum absolute atomic E-state index is 12.6. The van der Waals surface area contributed by atoms with Gasteiger partial charge in [-0.15, -0.1) is 0 Å². The zero-order chi connectivity index (χ0) is 22.2. The summed E-state index contributed by atoms with van der Waals surface area (Å²) in [5, 5.41) is 5.82. The van der Waals surface area contributed by atoms with Gasteiger partial charge in [-0.05, 0) is 48.5 Å². The molecule has 2 amide bonds. The van der Waals surface area contributed by atoms with Gasteiger partial charge in [0, 0.05) is 23.7 Å². The molecule has 31 heavy (non-hydrogen) atoms. The number of aromatic nitrogens is 1. The van der Waals surface area contributed by atoms with Crippen LogP contribution >= 0.6 is 11.6 Å². The Balaban J connectivity index is 1.63. The summed E-state index contributed by atoms with van der Waals surface area (Å²) in [6.07, 6.45) is 1.49. The van der Waals surface area contributed by atoms with Crippen molar-refractivity contribution in [2.24, 2.45) is 0 Å². The fourth-order valence-corrected chi connectivity index (χ4v) is 2.61. The lowest BCUT2D eigenvalue weighted by atomic mass is 10.2. The molecule has 0 aliphatic rings. The molecular weight excluding hydrogens is 422 g/mol. The molecule has 2 aromatic carbocycles. The van der Waals surface area contributed by atoms with Crippen molar-refractivity contribution in [2.45, 2.75) is 0 Å². The van der Waals surface area contributed by atoms with Crippen molar-refractivity contribution in [2.75, 3.05) is 26.1 Å². The van der Waals surface area contributed by atoms with Crippen molar-refractivity contribution in [3.63, 3.8) is 0 Å². The number of nitrogens with zero attached hydrogens (tertiary/aromatic N) is 1. The minimum absolute atomic E-state index is 0.158. The Morgan fingerprint density at radius 3 is 2.45 bits per heavy atom. The van der Waals surface area contributed by atoms with Gasteiger partial charge < -0.3 is 24.8 Å². The molecule has 0 aliphatic heterocycles. The highest BCUT2D eigenvalue weighted by Crippen LogP contribution is 2.28. The highest BCUT2D eigenvalue weighted by Gasteiger charge is 2.13. The summed E-state index contributed by atoms with van der Waals surface area (Å²) in [4.78, 5) is 28.1. The van der Waals surface area contributed by atoms with Gasteiger partial charge in [0.25, 0.3) is 11.8 Å². The van der Waals surface area contributed by atoms with E-state index in [4.69, 9.17) is 25.8 Å². The lowest BCUT2D eigenvalue weighted by Crippen LogP contribution is -2.25. The van der Waals surface area contributed by atoms with Gasteiger partial charge in [0.15, 0.2) is 18.1 Å². The quantitative estimate of drug-likeness (QED) is 0.550. The number of anilines is 1. The van der Waals surface area contributed by atoms with Crippen LogP contribution in [0.3, 0.4) is 0 Å². The molecule has 0 spiro atoms. The van der Waals surface area contributed by atoms with E-state index in [1.54, 1.807) is 48.5 Å². The van der Waals surface area contributed by atoms with E-state index < -0.39 is 0 Å². The third-order valence-electron chi connectivity index (χ3n) is 4.09. The predicted octanol–water partition coefficient (Wildman–Crippen LogP) is 3.91. The van der Waals surface area contributed by atoms with Crippen LogP contribution < -0.4 is 24.8 Å². The number of methoxy groups -OCH3 is 1. The van der Waals surface area contributed by atoms with Crippen LogP contribution in [0.25, 0.3) is 0 Å². The standard InChI is InChI=1S/C22H20ClN3O5/c1-24-20(27)13-30-18-9-3-14(11-19(18)29-2)22(28)26-16-6-10-21(25-12-16)31-17-7-4-15(23)5-8-17/h3-12H,13H2,1-2H3,(H,24,27)(H,26,28). The van der Waals surface area contributed by atoms with Crippen LogP contribution in [0.4, 0.5) is 5.69 Å². The molecule has 0 atom stereocenters. The molecule has 2 N–H and O–H groups in total. The Hall–Kier alpha value is -3.78. The molecule has 1 heterocycles. The van der Waals surface area contributed by atoms with Gasteiger partial charge in [-0.3, -0.25) is 9.59 Å². The number of amides is 2. The summed E-state index contributed by atoms with van der Waals surface area (Å²) in [6.45, 7) is -0.158. The number of hydrogen-bond donors (Lipinski definition) is 2. The average molecular weight is 442 g/mol.